The fraction of sp³-hybridized carbons (Fsp3) is 0.786. The van der Waals surface area contributed by atoms with Crippen molar-refractivity contribution in [2.75, 3.05) is 6.54 Å². The predicted molar refractivity (Wildman–Crippen MR) is 73.0 cm³/mol. The number of hydrogen-bond acceptors (Lipinski definition) is 2. The molecule has 0 spiro atoms. The molecule has 0 fully saturated rings. The molecule has 1 atom stereocenters. The fourth-order valence-corrected chi connectivity index (χ4v) is 1.96. The van der Waals surface area contributed by atoms with E-state index in [0.717, 1.165) is 19.0 Å². The summed E-state index contributed by atoms with van der Waals surface area (Å²) in [6, 6.07) is 0.650. The van der Waals surface area contributed by atoms with Crippen molar-refractivity contribution >= 4 is 0 Å². The van der Waals surface area contributed by atoms with Gasteiger partial charge in [-0.1, -0.05) is 26.7 Å². The van der Waals surface area contributed by atoms with Gasteiger partial charge in [0.1, 0.15) is 0 Å². The minimum absolute atomic E-state index is 0.650. The summed E-state index contributed by atoms with van der Waals surface area (Å²) in [5.41, 5.74) is 0. The van der Waals surface area contributed by atoms with Crippen LogP contribution in [0.25, 0.3) is 0 Å². The van der Waals surface area contributed by atoms with Crippen LogP contribution in [0, 0.1) is 5.92 Å². The van der Waals surface area contributed by atoms with E-state index in [1.54, 1.807) is 0 Å². The third-order valence-electron chi connectivity index (χ3n) is 3.06. The van der Waals surface area contributed by atoms with Crippen LogP contribution in [0.4, 0.5) is 0 Å². The Balaban J connectivity index is 1.95. The number of hydrogen-bond donors (Lipinski definition) is 1. The fourth-order valence-electron chi connectivity index (χ4n) is 1.96. The zero-order valence-electron chi connectivity index (χ0n) is 11.5. The van der Waals surface area contributed by atoms with Crippen molar-refractivity contribution in [1.82, 2.24) is 14.9 Å². The summed E-state index contributed by atoms with van der Waals surface area (Å²) in [5, 5.41) is 3.59. The van der Waals surface area contributed by atoms with Crippen molar-refractivity contribution in [3.8, 4) is 0 Å². The Hall–Kier alpha value is -0.830. The van der Waals surface area contributed by atoms with Crippen molar-refractivity contribution in [3.63, 3.8) is 0 Å². The molecule has 3 heteroatoms. The van der Waals surface area contributed by atoms with E-state index in [1.165, 1.54) is 25.7 Å². The second-order valence-corrected chi connectivity index (χ2v) is 5.33. The van der Waals surface area contributed by atoms with Crippen LogP contribution >= 0.6 is 0 Å². The van der Waals surface area contributed by atoms with Crippen LogP contribution in [0.2, 0.25) is 0 Å². The third-order valence-corrected chi connectivity index (χ3v) is 3.06. The molecule has 1 N–H and O–H groups in total. The lowest BCUT2D eigenvalue weighted by Crippen LogP contribution is -2.27. The zero-order valence-corrected chi connectivity index (χ0v) is 11.5. The lowest BCUT2D eigenvalue weighted by Gasteiger charge is -2.14. The standard InChI is InChI=1S/C14H27N3/c1-13(2)6-4-7-14(3)16-8-5-10-17-11-9-15-12-17/h9,11-14,16H,4-8,10H2,1-3H3. The molecule has 17 heavy (non-hydrogen) atoms. The highest BCUT2D eigenvalue weighted by Crippen LogP contribution is 2.08. The molecule has 1 heterocycles. The Kier molecular flexibility index (Phi) is 6.94. The van der Waals surface area contributed by atoms with Gasteiger partial charge in [0.25, 0.3) is 0 Å². The summed E-state index contributed by atoms with van der Waals surface area (Å²) < 4.78 is 2.13. The molecule has 1 unspecified atom stereocenters. The highest BCUT2D eigenvalue weighted by molar-refractivity contribution is 4.74. The first kappa shape index (κ1) is 14.2. The van der Waals surface area contributed by atoms with Crippen molar-refractivity contribution < 1.29 is 0 Å². The highest BCUT2D eigenvalue weighted by atomic mass is 15.0. The van der Waals surface area contributed by atoms with Crippen LogP contribution in [0.5, 0.6) is 0 Å². The molecule has 0 amide bonds. The molecule has 0 saturated heterocycles. The van der Waals surface area contributed by atoms with Crippen LogP contribution in [0.1, 0.15) is 46.5 Å². The maximum Gasteiger partial charge on any atom is 0.0945 e. The van der Waals surface area contributed by atoms with Gasteiger partial charge in [0, 0.05) is 25.0 Å². The Morgan fingerprint density at radius 1 is 1.18 bits per heavy atom. The summed E-state index contributed by atoms with van der Waals surface area (Å²) in [5.74, 6) is 0.837. The SMILES string of the molecule is CC(C)CCCC(C)NCCCn1ccnc1. The molecule has 1 aromatic rings. The molecule has 1 aromatic heterocycles. The molecular formula is C14H27N3. The monoisotopic (exact) mass is 237 g/mol. The van der Waals surface area contributed by atoms with Crippen LogP contribution in [-0.4, -0.2) is 22.1 Å². The minimum Gasteiger partial charge on any atom is -0.337 e. The number of nitrogens with one attached hydrogen (secondary N) is 1. The van der Waals surface area contributed by atoms with E-state index in [1.807, 2.05) is 18.7 Å². The van der Waals surface area contributed by atoms with E-state index in [2.05, 4.69) is 35.6 Å². The lowest BCUT2D eigenvalue weighted by atomic mass is 10.0. The largest absolute Gasteiger partial charge is 0.337 e. The Morgan fingerprint density at radius 2 is 2.00 bits per heavy atom. The van der Waals surface area contributed by atoms with E-state index in [4.69, 9.17) is 0 Å². The predicted octanol–water partition coefficient (Wildman–Crippen LogP) is 3.08. The molecule has 0 bridgehead atoms. The van der Waals surface area contributed by atoms with E-state index in [-0.39, 0.29) is 0 Å². The summed E-state index contributed by atoms with van der Waals surface area (Å²) in [4.78, 5) is 4.04. The van der Waals surface area contributed by atoms with Gasteiger partial charge < -0.3 is 9.88 Å². The Bertz CT molecular complexity index is 267. The molecule has 3 nitrogen and oxygen atoms in total. The second kappa shape index (κ2) is 8.29. The zero-order chi connectivity index (χ0) is 12.5. The number of aryl methyl sites for hydroxylation is 1. The highest BCUT2D eigenvalue weighted by Gasteiger charge is 2.01. The van der Waals surface area contributed by atoms with Crippen LogP contribution in [0.3, 0.4) is 0 Å². The summed E-state index contributed by atoms with van der Waals surface area (Å²) in [7, 11) is 0. The van der Waals surface area contributed by atoms with Gasteiger partial charge in [-0.05, 0) is 32.2 Å². The van der Waals surface area contributed by atoms with Crippen LogP contribution in [0.15, 0.2) is 18.7 Å². The van der Waals surface area contributed by atoms with Gasteiger partial charge in [-0.2, -0.15) is 0 Å². The van der Waals surface area contributed by atoms with Crippen LogP contribution in [-0.2, 0) is 6.54 Å². The number of imidazole rings is 1. The number of rotatable bonds is 9. The van der Waals surface area contributed by atoms with Gasteiger partial charge in [0.05, 0.1) is 6.33 Å². The average molecular weight is 237 g/mol. The van der Waals surface area contributed by atoms with Crippen molar-refractivity contribution in [3.05, 3.63) is 18.7 Å². The Labute approximate surface area is 106 Å². The first-order valence-electron chi connectivity index (χ1n) is 6.87. The first-order chi connectivity index (χ1) is 8.18. The van der Waals surface area contributed by atoms with Crippen LogP contribution < -0.4 is 5.32 Å². The lowest BCUT2D eigenvalue weighted by molar-refractivity contribution is 0.448. The summed E-state index contributed by atoms with van der Waals surface area (Å²) >= 11 is 0. The summed E-state index contributed by atoms with van der Waals surface area (Å²) in [6.45, 7) is 9.04. The molecular weight excluding hydrogens is 210 g/mol. The quantitative estimate of drug-likeness (QED) is 0.669. The topological polar surface area (TPSA) is 29.9 Å². The molecule has 98 valence electrons. The number of nitrogens with zero attached hydrogens (tertiary/aromatic N) is 2. The first-order valence-corrected chi connectivity index (χ1v) is 6.87. The maximum atomic E-state index is 4.04. The van der Waals surface area contributed by atoms with Gasteiger partial charge in [0.2, 0.25) is 0 Å². The van der Waals surface area contributed by atoms with E-state index in [9.17, 15) is 0 Å². The molecule has 1 rings (SSSR count). The molecule has 0 aliphatic carbocycles. The normalized spacial score (nSPS) is 13.2. The van der Waals surface area contributed by atoms with Gasteiger partial charge in [-0.15, -0.1) is 0 Å². The summed E-state index contributed by atoms with van der Waals surface area (Å²) in [6.07, 6.45) is 10.9. The molecule has 0 aliphatic rings. The molecule has 0 saturated carbocycles. The van der Waals surface area contributed by atoms with E-state index < -0.39 is 0 Å². The number of aromatic nitrogens is 2. The van der Waals surface area contributed by atoms with Crippen molar-refractivity contribution in [2.45, 2.75) is 59.0 Å². The van der Waals surface area contributed by atoms with E-state index >= 15 is 0 Å². The van der Waals surface area contributed by atoms with Crippen molar-refractivity contribution in [1.29, 1.82) is 0 Å². The molecule has 0 radical (unpaired) electrons. The van der Waals surface area contributed by atoms with Gasteiger partial charge in [-0.3, -0.25) is 0 Å². The van der Waals surface area contributed by atoms with Gasteiger partial charge >= 0.3 is 0 Å². The molecule has 0 aliphatic heterocycles. The average Bonchev–Trinajstić information content (AvgIpc) is 2.76. The van der Waals surface area contributed by atoms with Gasteiger partial charge in [-0.25, -0.2) is 4.98 Å². The molecule has 0 aromatic carbocycles. The van der Waals surface area contributed by atoms with Crippen molar-refractivity contribution in [2.24, 2.45) is 5.92 Å². The van der Waals surface area contributed by atoms with Gasteiger partial charge in [0.15, 0.2) is 0 Å². The smallest absolute Gasteiger partial charge is 0.0945 e. The second-order valence-electron chi connectivity index (χ2n) is 5.33. The van der Waals surface area contributed by atoms with E-state index in [0.29, 0.717) is 6.04 Å². The Morgan fingerprint density at radius 3 is 2.65 bits per heavy atom. The minimum atomic E-state index is 0.650. The third kappa shape index (κ3) is 7.16. The maximum absolute atomic E-state index is 4.04.